The highest BCUT2D eigenvalue weighted by molar-refractivity contribution is 6.31. The first kappa shape index (κ1) is 21.2. The van der Waals surface area contributed by atoms with Gasteiger partial charge in [-0.25, -0.2) is 4.39 Å². The summed E-state index contributed by atoms with van der Waals surface area (Å²) in [5.74, 6) is -1.16. The highest BCUT2D eigenvalue weighted by atomic mass is 35.5. The minimum absolute atomic E-state index is 0.0244. The number of Topliss-reactive ketones (excluding diaryl/α,β-unsaturated/α-hetero) is 1. The highest BCUT2D eigenvalue weighted by Crippen LogP contribution is 2.57. The van der Waals surface area contributed by atoms with Crippen LogP contribution in [0, 0.1) is 22.6 Å². The summed E-state index contributed by atoms with van der Waals surface area (Å²) in [5.41, 5.74) is 6.58. The summed E-state index contributed by atoms with van der Waals surface area (Å²) in [6.45, 7) is 3.92. The number of carbonyl (C=O) groups is 2. The molecule has 6 nitrogen and oxygen atoms in total. The van der Waals surface area contributed by atoms with E-state index in [0.717, 1.165) is 0 Å². The number of nitrogens with zero attached hydrogens (tertiary/aromatic N) is 2. The van der Waals surface area contributed by atoms with Crippen LogP contribution in [0.4, 0.5) is 15.8 Å². The van der Waals surface area contributed by atoms with Crippen LogP contribution in [0.5, 0.6) is 0 Å². The number of amides is 1. The molecule has 0 bridgehead atoms. The Bertz CT molecular complexity index is 1350. The molecule has 1 amide bonds. The summed E-state index contributed by atoms with van der Waals surface area (Å²) in [6.07, 6.45) is 0.627. The lowest BCUT2D eigenvalue weighted by atomic mass is 9.61. The summed E-state index contributed by atoms with van der Waals surface area (Å²) >= 11 is 6.28. The third kappa shape index (κ3) is 2.84. The second kappa shape index (κ2) is 6.93. The Kier molecular flexibility index (Phi) is 4.46. The van der Waals surface area contributed by atoms with Crippen LogP contribution in [0.25, 0.3) is 0 Å². The van der Waals surface area contributed by atoms with Crippen molar-refractivity contribution in [2.75, 3.05) is 10.2 Å². The van der Waals surface area contributed by atoms with Crippen molar-refractivity contribution in [3.05, 3.63) is 81.5 Å². The van der Waals surface area contributed by atoms with Crippen LogP contribution in [0.15, 0.2) is 65.1 Å². The Labute approximate surface area is 195 Å². The highest BCUT2D eigenvalue weighted by Gasteiger charge is 2.61. The van der Waals surface area contributed by atoms with Crippen LogP contribution in [0.2, 0.25) is 5.02 Å². The maximum atomic E-state index is 13.7. The number of ketones is 1. The van der Waals surface area contributed by atoms with Gasteiger partial charge in [0.05, 0.1) is 5.57 Å². The molecule has 2 aromatic rings. The predicted molar refractivity (Wildman–Crippen MR) is 123 cm³/mol. The van der Waals surface area contributed by atoms with Crippen molar-refractivity contribution >= 4 is 34.7 Å². The van der Waals surface area contributed by atoms with E-state index in [1.165, 1.54) is 24.3 Å². The number of benzene rings is 2. The standard InChI is InChI=1S/C25H20ClFN4O2/c1-24(2)10-19-21(20(32)11-24)25(16-9-13(26)3-8-18(16)30-23(25)33)17(12-28)22(29)31(19)15-6-4-14(27)5-7-15/h3-9H,10-11,29H2,1-2H3,(H,30,33). The second-order valence-electron chi connectivity index (χ2n) is 9.34. The second-order valence-corrected chi connectivity index (χ2v) is 9.78. The molecule has 166 valence electrons. The summed E-state index contributed by atoms with van der Waals surface area (Å²) in [5, 5.41) is 13.4. The van der Waals surface area contributed by atoms with Crippen LogP contribution in [0.1, 0.15) is 32.3 Å². The number of hydrogen-bond donors (Lipinski definition) is 2. The fourth-order valence-electron chi connectivity index (χ4n) is 5.28. The summed E-state index contributed by atoms with van der Waals surface area (Å²) < 4.78 is 13.7. The molecule has 0 saturated carbocycles. The Morgan fingerprint density at radius 2 is 1.85 bits per heavy atom. The van der Waals surface area contributed by atoms with Gasteiger partial charge in [-0.2, -0.15) is 5.26 Å². The first-order chi connectivity index (χ1) is 15.6. The molecule has 5 rings (SSSR count). The monoisotopic (exact) mass is 462 g/mol. The predicted octanol–water partition coefficient (Wildman–Crippen LogP) is 4.53. The zero-order valence-corrected chi connectivity index (χ0v) is 18.8. The number of nitrogens with two attached hydrogens (primary N) is 1. The van der Waals surface area contributed by atoms with Crippen LogP contribution >= 0.6 is 11.6 Å². The summed E-state index contributed by atoms with van der Waals surface area (Å²) in [7, 11) is 0. The van der Waals surface area contributed by atoms with Gasteiger partial charge in [0.1, 0.15) is 23.1 Å². The van der Waals surface area contributed by atoms with E-state index in [1.54, 1.807) is 23.1 Å². The smallest absolute Gasteiger partial charge is 0.245 e. The number of allylic oxidation sites excluding steroid dienone is 1. The van der Waals surface area contributed by atoms with Crippen molar-refractivity contribution in [2.45, 2.75) is 32.1 Å². The molecular formula is C25H20ClFN4O2. The van der Waals surface area contributed by atoms with Gasteiger partial charge >= 0.3 is 0 Å². The quantitative estimate of drug-likeness (QED) is 0.648. The molecular weight excluding hydrogens is 443 g/mol. The molecule has 1 spiro atoms. The Hall–Kier alpha value is -3.63. The molecule has 2 heterocycles. The topological polar surface area (TPSA) is 99.2 Å². The van der Waals surface area contributed by atoms with E-state index in [-0.39, 0.29) is 29.2 Å². The Morgan fingerprint density at radius 1 is 1.15 bits per heavy atom. The number of nitrogens with one attached hydrogen (secondary N) is 1. The van der Waals surface area contributed by atoms with Gasteiger partial charge in [-0.15, -0.1) is 0 Å². The summed E-state index contributed by atoms with van der Waals surface area (Å²) in [6, 6.07) is 12.6. The SMILES string of the molecule is CC1(C)CC(=O)C2=C(C1)N(c1ccc(F)cc1)C(N)=C(C#N)C21C(=O)Nc2ccc(Cl)cc21. The normalized spacial score (nSPS) is 23.4. The van der Waals surface area contributed by atoms with Gasteiger partial charge in [0.15, 0.2) is 5.78 Å². The molecule has 0 aromatic heterocycles. The molecule has 0 radical (unpaired) electrons. The van der Waals surface area contributed by atoms with Crippen molar-refractivity contribution < 1.29 is 14.0 Å². The fraction of sp³-hybridized carbons (Fsp3) is 0.240. The van der Waals surface area contributed by atoms with Gasteiger partial charge < -0.3 is 11.1 Å². The zero-order chi connectivity index (χ0) is 23.7. The largest absolute Gasteiger partial charge is 0.384 e. The fourth-order valence-corrected chi connectivity index (χ4v) is 5.45. The maximum Gasteiger partial charge on any atom is 0.245 e. The average molecular weight is 463 g/mol. The third-order valence-corrected chi connectivity index (χ3v) is 6.78. The Morgan fingerprint density at radius 3 is 2.52 bits per heavy atom. The molecule has 1 aliphatic carbocycles. The van der Waals surface area contributed by atoms with Crippen molar-refractivity contribution in [3.8, 4) is 6.07 Å². The van der Waals surface area contributed by atoms with Crippen molar-refractivity contribution in [2.24, 2.45) is 11.1 Å². The lowest BCUT2D eigenvalue weighted by Crippen LogP contribution is -2.52. The van der Waals surface area contributed by atoms with Crippen molar-refractivity contribution in [1.29, 1.82) is 5.26 Å². The van der Waals surface area contributed by atoms with E-state index in [0.29, 0.717) is 34.1 Å². The third-order valence-electron chi connectivity index (χ3n) is 6.54. The zero-order valence-electron chi connectivity index (χ0n) is 18.0. The van der Waals surface area contributed by atoms with Gasteiger partial charge in [0.25, 0.3) is 0 Å². The number of nitriles is 1. The molecule has 0 saturated heterocycles. The average Bonchev–Trinajstić information content (AvgIpc) is 3.00. The molecule has 1 atom stereocenters. The molecule has 0 fully saturated rings. The van der Waals surface area contributed by atoms with Crippen LogP contribution < -0.4 is 16.0 Å². The minimum atomic E-state index is -1.70. The van der Waals surface area contributed by atoms with Crippen LogP contribution in [-0.2, 0) is 15.0 Å². The van der Waals surface area contributed by atoms with Gasteiger partial charge in [0.2, 0.25) is 5.91 Å². The van der Waals surface area contributed by atoms with Crippen LogP contribution in [0.3, 0.4) is 0 Å². The number of rotatable bonds is 1. The van der Waals surface area contributed by atoms with Crippen molar-refractivity contribution in [3.63, 3.8) is 0 Å². The molecule has 1 unspecified atom stereocenters. The first-order valence-electron chi connectivity index (χ1n) is 10.4. The number of fused-ring (bicyclic) bond motifs is 3. The number of halogens is 2. The van der Waals surface area contributed by atoms with E-state index in [2.05, 4.69) is 11.4 Å². The number of carbonyl (C=O) groups excluding carboxylic acids is 2. The summed E-state index contributed by atoms with van der Waals surface area (Å²) in [4.78, 5) is 29.0. The molecule has 8 heteroatoms. The molecule has 33 heavy (non-hydrogen) atoms. The van der Waals surface area contributed by atoms with Gasteiger partial charge in [-0.1, -0.05) is 25.4 Å². The van der Waals surface area contributed by atoms with E-state index in [9.17, 15) is 19.2 Å². The molecule has 2 aliphatic heterocycles. The van der Waals surface area contributed by atoms with E-state index < -0.39 is 22.6 Å². The first-order valence-corrected chi connectivity index (χ1v) is 10.8. The Balaban J connectivity index is 1.90. The molecule has 3 aliphatic rings. The van der Waals surface area contributed by atoms with Crippen LogP contribution in [-0.4, -0.2) is 11.7 Å². The van der Waals surface area contributed by atoms with Gasteiger partial charge in [-0.05, 0) is 54.3 Å². The lowest BCUT2D eigenvalue weighted by molar-refractivity contribution is -0.123. The van der Waals surface area contributed by atoms with E-state index >= 15 is 0 Å². The maximum absolute atomic E-state index is 13.7. The molecule has 2 aromatic carbocycles. The lowest BCUT2D eigenvalue weighted by Gasteiger charge is -2.46. The van der Waals surface area contributed by atoms with Crippen molar-refractivity contribution in [1.82, 2.24) is 0 Å². The van der Waals surface area contributed by atoms with E-state index in [1.807, 2.05) is 13.8 Å². The number of anilines is 2. The molecule has 3 N–H and O–H groups in total. The van der Waals surface area contributed by atoms with E-state index in [4.69, 9.17) is 17.3 Å². The number of hydrogen-bond acceptors (Lipinski definition) is 5. The minimum Gasteiger partial charge on any atom is -0.384 e. The van der Waals surface area contributed by atoms with Gasteiger partial charge in [-0.3, -0.25) is 14.5 Å². The van der Waals surface area contributed by atoms with Gasteiger partial charge in [0, 0.05) is 39.7 Å².